The Morgan fingerprint density at radius 1 is 1.33 bits per heavy atom. The van der Waals surface area contributed by atoms with Crippen LogP contribution in [0, 0.1) is 5.92 Å². The van der Waals surface area contributed by atoms with E-state index < -0.39 is 0 Å². The molecule has 0 aromatic rings. The van der Waals surface area contributed by atoms with Crippen molar-refractivity contribution in [2.45, 2.75) is 52.0 Å². The molecule has 0 aliphatic rings. The van der Waals surface area contributed by atoms with Crippen molar-refractivity contribution in [1.82, 2.24) is 0 Å². The minimum absolute atomic E-state index is 0.643. The molecule has 12 heavy (non-hydrogen) atoms. The predicted octanol–water partition coefficient (Wildman–Crippen LogP) is 2.39. The summed E-state index contributed by atoms with van der Waals surface area (Å²) in [4.78, 5) is 0. The summed E-state index contributed by atoms with van der Waals surface area (Å²) in [7, 11) is 0. The van der Waals surface area contributed by atoms with Crippen LogP contribution in [0.2, 0.25) is 0 Å². The van der Waals surface area contributed by atoms with Crippen LogP contribution in [0.3, 0.4) is 0 Å². The molecule has 72 valence electrons. The average molecular weight is 170 g/mol. The zero-order chi connectivity index (χ0) is 9.40. The maximum Gasteiger partial charge on any atom is 0.0869 e. The third-order valence-corrected chi connectivity index (χ3v) is 2.59. The molecule has 0 spiro atoms. The molecule has 0 aromatic heterocycles. The van der Waals surface area contributed by atoms with Gasteiger partial charge in [-0.3, -0.25) is 0 Å². The Balaban J connectivity index is 3.75. The van der Waals surface area contributed by atoms with Gasteiger partial charge in [-0.25, -0.2) is 0 Å². The van der Waals surface area contributed by atoms with E-state index in [1.807, 2.05) is 6.08 Å². The molecule has 0 heterocycles. The van der Waals surface area contributed by atoms with Gasteiger partial charge in [0.15, 0.2) is 0 Å². The second-order valence-corrected chi connectivity index (χ2v) is 3.58. The first kappa shape index (κ1) is 11.7. The van der Waals surface area contributed by atoms with Gasteiger partial charge in [-0.2, -0.15) is 0 Å². The summed E-state index contributed by atoms with van der Waals surface area (Å²) in [5.41, 5.74) is 4.19. The first-order chi connectivity index (χ1) is 5.76. The molecule has 0 amide bonds. The smallest absolute Gasteiger partial charge is 0.0869 e. The first-order valence-corrected chi connectivity index (χ1v) is 5.20. The van der Waals surface area contributed by atoms with E-state index >= 15 is 0 Å². The quantitative estimate of drug-likeness (QED) is 0.568. The Hall–Kier alpha value is -0.300. The largest absolute Gasteiger partial charge is 0.355 e. The standard InChI is InChI=1S/C11H23N/c1-4-7-9-10(8-5-2)11(12)6-3/h4,10-11H,1,5-9,12H2,2-3H3/p+1. The lowest BCUT2D eigenvalue weighted by molar-refractivity contribution is -0.434. The van der Waals surface area contributed by atoms with E-state index in [2.05, 4.69) is 26.2 Å². The van der Waals surface area contributed by atoms with Crippen molar-refractivity contribution in [2.75, 3.05) is 0 Å². The number of hydrogen-bond donors (Lipinski definition) is 1. The molecule has 2 unspecified atom stereocenters. The van der Waals surface area contributed by atoms with Gasteiger partial charge in [-0.15, -0.1) is 6.58 Å². The van der Waals surface area contributed by atoms with Crippen LogP contribution in [-0.2, 0) is 0 Å². The Kier molecular flexibility index (Phi) is 7.17. The van der Waals surface area contributed by atoms with Gasteiger partial charge in [0.2, 0.25) is 0 Å². The second kappa shape index (κ2) is 7.35. The van der Waals surface area contributed by atoms with Crippen LogP contribution in [0.25, 0.3) is 0 Å². The normalized spacial score (nSPS) is 15.6. The fourth-order valence-corrected chi connectivity index (χ4v) is 1.65. The Labute approximate surface area is 77.0 Å². The SMILES string of the molecule is C=CCCC(CCC)C([NH3+])CC. The minimum atomic E-state index is 0.643. The van der Waals surface area contributed by atoms with Crippen LogP contribution >= 0.6 is 0 Å². The van der Waals surface area contributed by atoms with Crippen molar-refractivity contribution in [3.8, 4) is 0 Å². The Morgan fingerprint density at radius 3 is 2.42 bits per heavy atom. The highest BCUT2D eigenvalue weighted by Crippen LogP contribution is 2.17. The van der Waals surface area contributed by atoms with Gasteiger partial charge < -0.3 is 5.73 Å². The predicted molar refractivity (Wildman–Crippen MR) is 54.8 cm³/mol. The molecule has 1 heteroatoms. The lowest BCUT2D eigenvalue weighted by Crippen LogP contribution is -2.63. The molecular weight excluding hydrogens is 146 g/mol. The minimum Gasteiger partial charge on any atom is -0.355 e. The molecule has 0 bridgehead atoms. The molecule has 2 atom stereocenters. The molecule has 0 saturated carbocycles. The molecule has 3 N–H and O–H groups in total. The van der Waals surface area contributed by atoms with Crippen molar-refractivity contribution in [3.05, 3.63) is 12.7 Å². The third kappa shape index (κ3) is 4.55. The Bertz CT molecular complexity index is 110. The van der Waals surface area contributed by atoms with E-state index in [-0.39, 0.29) is 0 Å². The van der Waals surface area contributed by atoms with Crippen molar-refractivity contribution in [2.24, 2.45) is 5.92 Å². The highest BCUT2D eigenvalue weighted by Gasteiger charge is 2.16. The summed E-state index contributed by atoms with van der Waals surface area (Å²) < 4.78 is 0. The van der Waals surface area contributed by atoms with Gasteiger partial charge in [0.05, 0.1) is 6.04 Å². The Morgan fingerprint density at radius 2 is 2.00 bits per heavy atom. The van der Waals surface area contributed by atoms with Gasteiger partial charge in [0.1, 0.15) is 0 Å². The van der Waals surface area contributed by atoms with Gasteiger partial charge in [0.25, 0.3) is 0 Å². The fourth-order valence-electron chi connectivity index (χ4n) is 1.65. The summed E-state index contributed by atoms with van der Waals surface area (Å²) in [5.74, 6) is 0.818. The number of quaternary nitrogens is 1. The summed E-state index contributed by atoms with van der Waals surface area (Å²) in [6, 6.07) is 0.643. The third-order valence-electron chi connectivity index (χ3n) is 2.59. The number of rotatable bonds is 7. The topological polar surface area (TPSA) is 27.6 Å². The molecule has 0 aliphatic heterocycles. The molecule has 0 saturated heterocycles. The van der Waals surface area contributed by atoms with E-state index in [0.717, 1.165) is 12.3 Å². The van der Waals surface area contributed by atoms with E-state index in [1.165, 1.54) is 25.7 Å². The van der Waals surface area contributed by atoms with Gasteiger partial charge in [-0.1, -0.05) is 26.3 Å². The maximum atomic E-state index is 4.19. The molecule has 0 rings (SSSR count). The van der Waals surface area contributed by atoms with Crippen LogP contribution in [0.15, 0.2) is 12.7 Å². The number of hydrogen-bond acceptors (Lipinski definition) is 0. The van der Waals surface area contributed by atoms with Crippen molar-refractivity contribution in [1.29, 1.82) is 0 Å². The van der Waals surface area contributed by atoms with Crippen molar-refractivity contribution < 1.29 is 5.73 Å². The van der Waals surface area contributed by atoms with Crippen LogP contribution in [0.4, 0.5) is 0 Å². The highest BCUT2D eigenvalue weighted by atomic mass is 14.6. The molecule has 1 nitrogen and oxygen atoms in total. The summed E-state index contributed by atoms with van der Waals surface area (Å²) in [6.07, 6.45) is 8.27. The number of allylic oxidation sites excluding steroid dienone is 1. The van der Waals surface area contributed by atoms with E-state index in [9.17, 15) is 0 Å². The molecule has 0 fully saturated rings. The van der Waals surface area contributed by atoms with E-state index in [4.69, 9.17) is 0 Å². The average Bonchev–Trinajstić information content (AvgIpc) is 2.11. The van der Waals surface area contributed by atoms with Crippen molar-refractivity contribution in [3.63, 3.8) is 0 Å². The highest BCUT2D eigenvalue weighted by molar-refractivity contribution is 4.73. The molecular formula is C11H24N+. The van der Waals surface area contributed by atoms with Gasteiger partial charge >= 0.3 is 0 Å². The van der Waals surface area contributed by atoms with Crippen LogP contribution in [-0.4, -0.2) is 6.04 Å². The van der Waals surface area contributed by atoms with Crippen molar-refractivity contribution >= 4 is 0 Å². The van der Waals surface area contributed by atoms with Crippen LogP contribution < -0.4 is 5.73 Å². The lowest BCUT2D eigenvalue weighted by atomic mass is 9.89. The molecule has 0 radical (unpaired) electrons. The van der Waals surface area contributed by atoms with E-state index in [1.54, 1.807) is 0 Å². The summed E-state index contributed by atoms with van der Waals surface area (Å²) >= 11 is 0. The van der Waals surface area contributed by atoms with Gasteiger partial charge in [0, 0.05) is 5.92 Å². The zero-order valence-electron chi connectivity index (χ0n) is 8.68. The van der Waals surface area contributed by atoms with Crippen LogP contribution in [0.5, 0.6) is 0 Å². The zero-order valence-corrected chi connectivity index (χ0v) is 8.68. The maximum absolute atomic E-state index is 4.19. The van der Waals surface area contributed by atoms with E-state index in [0.29, 0.717) is 6.04 Å². The first-order valence-electron chi connectivity index (χ1n) is 5.20. The monoisotopic (exact) mass is 170 g/mol. The molecule has 0 aromatic carbocycles. The van der Waals surface area contributed by atoms with Gasteiger partial charge in [-0.05, 0) is 25.7 Å². The lowest BCUT2D eigenvalue weighted by Gasteiger charge is -2.18. The fraction of sp³-hybridized carbons (Fsp3) is 0.818. The second-order valence-electron chi connectivity index (χ2n) is 3.58. The summed E-state index contributed by atoms with van der Waals surface area (Å²) in [5, 5.41) is 0. The summed E-state index contributed by atoms with van der Waals surface area (Å²) in [6.45, 7) is 8.24. The van der Waals surface area contributed by atoms with Crippen LogP contribution in [0.1, 0.15) is 46.0 Å². The molecule has 0 aliphatic carbocycles.